The van der Waals surface area contributed by atoms with E-state index >= 15 is 0 Å². The van der Waals surface area contributed by atoms with Crippen LogP contribution in [0.25, 0.3) is 0 Å². The molecule has 8 atom stereocenters. The highest BCUT2D eigenvalue weighted by Crippen LogP contribution is 2.35. The largest absolute Gasteiger partial charge is 0.469 e. The lowest BCUT2D eigenvalue weighted by molar-refractivity contribution is -0.136. The van der Waals surface area contributed by atoms with E-state index in [0.29, 0.717) is 12.7 Å². The zero-order chi connectivity index (χ0) is 47.2. The van der Waals surface area contributed by atoms with E-state index in [2.05, 4.69) is 46.7 Å². The Labute approximate surface area is 354 Å². The molecular weight excluding hydrogens is 827 g/mol. The minimum absolute atomic E-state index is 0.0141. The van der Waals surface area contributed by atoms with Crippen LogP contribution in [0.1, 0.15) is 87.0 Å². The Morgan fingerprint density at radius 1 is 0.623 bits per heavy atom. The van der Waals surface area contributed by atoms with E-state index in [1.807, 2.05) is 0 Å². The minimum Gasteiger partial charge on any atom is -0.370 e. The molecule has 17 N–H and O–H groups in total. The van der Waals surface area contributed by atoms with Gasteiger partial charge in [-0.25, -0.2) is 4.57 Å². The number of guanidine groups is 1. The molecule has 0 spiro atoms. The fourth-order valence-corrected chi connectivity index (χ4v) is 5.57. The summed E-state index contributed by atoms with van der Waals surface area (Å²) < 4.78 is 16.2. The van der Waals surface area contributed by atoms with Crippen molar-refractivity contribution in [2.24, 2.45) is 39.8 Å². The maximum Gasteiger partial charge on any atom is 0.469 e. The predicted molar refractivity (Wildman–Crippen MR) is 220 cm³/mol. The Hall–Kier alpha value is -5.23. The van der Waals surface area contributed by atoms with Gasteiger partial charge in [-0.1, -0.05) is 27.7 Å². The summed E-state index contributed by atoms with van der Waals surface area (Å²) in [7, 11) is -5.25. The molecular formula is C35H65N12O13P. The van der Waals surface area contributed by atoms with Crippen LogP contribution in [-0.2, 0) is 52.2 Å². The molecule has 0 aromatic heterocycles. The van der Waals surface area contributed by atoms with Crippen molar-refractivity contribution in [3.05, 3.63) is 0 Å². The molecule has 8 amide bonds. The quantitative estimate of drug-likeness (QED) is 0.0111. The number of nitrogens with two attached hydrogens (primary N) is 4. The van der Waals surface area contributed by atoms with Crippen LogP contribution in [0.15, 0.2) is 4.99 Å². The molecule has 0 unspecified atom stereocenters. The van der Waals surface area contributed by atoms with Crippen LogP contribution < -0.4 is 60.2 Å². The number of carbonyl (C=O) groups is 9. The summed E-state index contributed by atoms with van der Waals surface area (Å²) in [6.45, 7) is 9.97. The monoisotopic (exact) mass is 892 g/mol. The van der Waals surface area contributed by atoms with E-state index in [-0.39, 0.29) is 56.4 Å². The van der Waals surface area contributed by atoms with Gasteiger partial charge >= 0.3 is 7.82 Å². The number of primary amides is 1. The number of amides is 8. The first-order chi connectivity index (χ1) is 28.2. The number of phosphoric ester groups is 1. The highest BCUT2D eigenvalue weighted by molar-refractivity contribution is 7.46. The van der Waals surface area contributed by atoms with E-state index in [9.17, 15) is 57.5 Å². The molecule has 348 valence electrons. The van der Waals surface area contributed by atoms with Crippen molar-refractivity contribution in [3.8, 4) is 0 Å². The van der Waals surface area contributed by atoms with Crippen LogP contribution in [0, 0.1) is 11.8 Å². The maximum absolute atomic E-state index is 13.7. The Balaban J connectivity index is 6.28. The third kappa shape index (κ3) is 24.6. The second-order valence-electron chi connectivity index (χ2n) is 15.2. The minimum atomic E-state index is -5.25. The molecule has 26 heteroatoms. The zero-order valence-electron chi connectivity index (χ0n) is 35.6. The summed E-state index contributed by atoms with van der Waals surface area (Å²) >= 11 is 0. The highest BCUT2D eigenvalue weighted by atomic mass is 31.2. The average molecular weight is 893 g/mol. The molecule has 0 bridgehead atoms. The first-order valence-corrected chi connectivity index (χ1v) is 21.1. The molecule has 0 heterocycles. The lowest BCUT2D eigenvalue weighted by Crippen LogP contribution is -2.60. The molecule has 0 radical (unpaired) electrons. The molecule has 0 aromatic rings. The predicted octanol–water partition coefficient (Wildman–Crippen LogP) is -4.51. The second kappa shape index (κ2) is 27.6. The molecule has 25 nitrogen and oxygen atoms in total. The Kier molecular flexibility index (Phi) is 25.2. The fourth-order valence-electron chi connectivity index (χ4n) is 5.23. The number of phosphoric acid groups is 1. The van der Waals surface area contributed by atoms with Gasteiger partial charge in [-0.3, -0.25) is 47.9 Å². The Morgan fingerprint density at radius 2 is 1.05 bits per heavy atom. The van der Waals surface area contributed by atoms with Crippen molar-refractivity contribution in [1.82, 2.24) is 37.2 Å². The van der Waals surface area contributed by atoms with Crippen LogP contribution in [0.3, 0.4) is 0 Å². The second-order valence-corrected chi connectivity index (χ2v) is 16.5. The maximum atomic E-state index is 13.7. The summed E-state index contributed by atoms with van der Waals surface area (Å²) in [5, 5.41) is 16.8. The van der Waals surface area contributed by atoms with Crippen LogP contribution in [0.4, 0.5) is 0 Å². The van der Waals surface area contributed by atoms with Gasteiger partial charge < -0.3 is 74.7 Å². The van der Waals surface area contributed by atoms with Crippen molar-refractivity contribution < 1.29 is 62.0 Å². The first kappa shape index (κ1) is 55.8. The Bertz CT molecular complexity index is 1610. The van der Waals surface area contributed by atoms with Gasteiger partial charge in [-0.2, -0.15) is 0 Å². The third-order valence-electron chi connectivity index (χ3n) is 8.42. The summed E-state index contributed by atoms with van der Waals surface area (Å²) in [4.78, 5) is 138. The summed E-state index contributed by atoms with van der Waals surface area (Å²) in [6, 6.07) is -10.5. The van der Waals surface area contributed by atoms with E-state index in [1.165, 1.54) is 20.8 Å². The molecule has 0 aliphatic heterocycles. The number of hydrogen-bond donors (Lipinski definition) is 13. The van der Waals surface area contributed by atoms with E-state index in [4.69, 9.17) is 22.9 Å². The topological polar surface area (TPSA) is 421 Å². The van der Waals surface area contributed by atoms with E-state index in [0.717, 1.165) is 0 Å². The number of rotatable bonds is 29. The van der Waals surface area contributed by atoms with Gasteiger partial charge in [0.1, 0.15) is 42.5 Å². The van der Waals surface area contributed by atoms with Crippen LogP contribution in [-0.4, -0.2) is 131 Å². The van der Waals surface area contributed by atoms with Gasteiger partial charge in [0.2, 0.25) is 47.3 Å². The molecule has 0 rings (SSSR count). The van der Waals surface area contributed by atoms with E-state index < -0.39 is 110 Å². The molecule has 0 fully saturated rings. The molecule has 0 saturated carbocycles. The molecule has 0 saturated heterocycles. The van der Waals surface area contributed by atoms with Gasteiger partial charge in [0, 0.05) is 13.0 Å². The first-order valence-electron chi connectivity index (χ1n) is 19.5. The standard InChI is InChI=1S/C35H65N12O13P/c1-17(2)13-24(45-29(51)21(7)42-30(52)22(36)9-8-12-40-35(38)39)33(55)47-26(16-60-61(57,58)59)34(56)46-25(14-18(3)4)32(54)44-23(10-11-27(37)49)31(53)43-20(6)28(50)41-19(5)15-48/h15,17-26H,8-14,16,36H2,1-7H3,(H2,37,49)(H,41,50)(H,42,52)(H,43,53)(H,44,54)(H,45,51)(H,46,56)(H,47,55)(H4,38,39,40)(H2,57,58,59)/t19-,20-,21-,22-,23-,24-,25-,26-/m0/s1. The van der Waals surface area contributed by atoms with Crippen molar-refractivity contribution in [3.63, 3.8) is 0 Å². The average Bonchev–Trinajstić information content (AvgIpc) is 3.14. The number of hydrogen-bond acceptors (Lipinski definition) is 13. The van der Waals surface area contributed by atoms with Crippen LogP contribution in [0.5, 0.6) is 0 Å². The molecule has 61 heavy (non-hydrogen) atoms. The number of aliphatic imine (C=N–C) groups is 1. The van der Waals surface area contributed by atoms with Gasteiger partial charge in [-0.05, 0) is 64.7 Å². The fraction of sp³-hybridized carbons (Fsp3) is 0.714. The van der Waals surface area contributed by atoms with Gasteiger partial charge in [0.15, 0.2) is 5.96 Å². The molecule has 0 aliphatic carbocycles. The number of nitrogens with one attached hydrogen (secondary N) is 7. The third-order valence-corrected chi connectivity index (χ3v) is 8.90. The number of nitrogens with zero attached hydrogens (tertiary/aromatic N) is 1. The molecule has 0 aliphatic rings. The van der Waals surface area contributed by atoms with Crippen LogP contribution in [0.2, 0.25) is 0 Å². The van der Waals surface area contributed by atoms with Crippen molar-refractivity contribution in [1.29, 1.82) is 0 Å². The van der Waals surface area contributed by atoms with Gasteiger partial charge in [-0.15, -0.1) is 0 Å². The van der Waals surface area contributed by atoms with Crippen molar-refractivity contribution >= 4 is 67.3 Å². The summed E-state index contributed by atoms with van der Waals surface area (Å²) in [5.74, 6) is -7.76. The lowest BCUT2D eigenvalue weighted by atomic mass is 10.0. The summed E-state index contributed by atoms with van der Waals surface area (Å²) in [6.07, 6.45) is 0.204. The van der Waals surface area contributed by atoms with Crippen LogP contribution >= 0.6 is 7.82 Å². The lowest BCUT2D eigenvalue weighted by Gasteiger charge is -2.28. The number of aldehydes is 1. The van der Waals surface area contributed by atoms with Crippen molar-refractivity contribution in [2.45, 2.75) is 135 Å². The zero-order valence-corrected chi connectivity index (χ0v) is 36.5. The smallest absolute Gasteiger partial charge is 0.370 e. The Morgan fingerprint density at radius 3 is 1.51 bits per heavy atom. The SMILES string of the molecule is CC(C)C[C@H](NC(=O)[C@H](C)NC(=O)[C@@H](N)CCCN=C(N)N)C(=O)N[C@@H](COP(=O)(O)O)C(=O)N[C@@H](CC(C)C)C(=O)N[C@@H](CCC(N)=O)C(=O)N[C@@H](C)C(=O)N[C@@H](C)C=O. The molecule has 0 aromatic carbocycles. The van der Waals surface area contributed by atoms with Gasteiger partial charge in [0.25, 0.3) is 0 Å². The van der Waals surface area contributed by atoms with Gasteiger partial charge in [0.05, 0.1) is 18.7 Å². The van der Waals surface area contributed by atoms with E-state index in [1.54, 1.807) is 27.7 Å². The number of carbonyl (C=O) groups excluding carboxylic acids is 9. The highest BCUT2D eigenvalue weighted by Gasteiger charge is 2.34. The normalized spacial score (nSPS) is 15.3. The van der Waals surface area contributed by atoms with Crippen molar-refractivity contribution in [2.75, 3.05) is 13.2 Å². The summed E-state index contributed by atoms with van der Waals surface area (Å²) in [5.41, 5.74) is 21.7.